The highest BCUT2D eigenvalue weighted by atomic mass is 16.3. The molecule has 0 aliphatic heterocycles. The minimum Gasteiger partial charge on any atom is -0.463 e. The first-order valence-electron chi connectivity index (χ1n) is 6.77. The Bertz CT molecular complexity index is 1030. The maximum absolute atomic E-state index is 11.9. The number of rotatable bonds is 1. The summed E-state index contributed by atoms with van der Waals surface area (Å²) < 4.78 is 11.1. The van der Waals surface area contributed by atoms with E-state index in [2.05, 4.69) is 0 Å². The van der Waals surface area contributed by atoms with Gasteiger partial charge in [0.2, 0.25) is 0 Å². The summed E-state index contributed by atoms with van der Waals surface area (Å²) in [6.45, 7) is 0. The molecule has 4 heteroatoms. The largest absolute Gasteiger partial charge is 0.463 e. The molecule has 0 bridgehead atoms. The molecule has 0 amide bonds. The molecule has 0 saturated heterocycles. The molecule has 4 rings (SSSR count). The van der Waals surface area contributed by atoms with Gasteiger partial charge in [0.05, 0.1) is 23.3 Å². The van der Waals surface area contributed by atoms with Crippen LogP contribution in [0.4, 0.5) is 0 Å². The number of hydrogen-bond acceptors (Lipinski definition) is 4. The second-order valence-electron chi connectivity index (χ2n) is 4.93. The molecular formula is C18H10O4. The Morgan fingerprint density at radius 2 is 1.05 bits per heavy atom. The van der Waals surface area contributed by atoms with Crippen LogP contribution < -0.4 is 10.9 Å². The van der Waals surface area contributed by atoms with Gasteiger partial charge >= 0.3 is 0 Å². The summed E-state index contributed by atoms with van der Waals surface area (Å²) >= 11 is 0. The van der Waals surface area contributed by atoms with Crippen molar-refractivity contribution in [1.82, 2.24) is 0 Å². The van der Waals surface area contributed by atoms with Crippen molar-refractivity contribution >= 4 is 21.9 Å². The first-order valence-corrected chi connectivity index (χ1v) is 6.77. The molecule has 0 N–H and O–H groups in total. The lowest BCUT2D eigenvalue weighted by Gasteiger charge is -2.07. The van der Waals surface area contributed by atoms with Crippen LogP contribution in [0.2, 0.25) is 0 Å². The fourth-order valence-electron chi connectivity index (χ4n) is 2.65. The molecule has 0 spiro atoms. The minimum absolute atomic E-state index is 0.107. The molecule has 106 valence electrons. The summed E-state index contributed by atoms with van der Waals surface area (Å²) in [7, 11) is 0. The van der Waals surface area contributed by atoms with Gasteiger partial charge in [-0.05, 0) is 12.1 Å². The maximum atomic E-state index is 11.9. The van der Waals surface area contributed by atoms with E-state index in [9.17, 15) is 9.59 Å². The summed E-state index contributed by atoms with van der Waals surface area (Å²) in [5.41, 5.74) is 2.18. The fourth-order valence-corrected chi connectivity index (χ4v) is 2.65. The van der Waals surface area contributed by atoms with E-state index < -0.39 is 0 Å². The van der Waals surface area contributed by atoms with Gasteiger partial charge in [0, 0.05) is 23.3 Å². The third-order valence-corrected chi connectivity index (χ3v) is 3.66. The molecule has 2 heterocycles. The van der Waals surface area contributed by atoms with Crippen LogP contribution >= 0.6 is 0 Å². The molecule has 4 nitrogen and oxygen atoms in total. The highest BCUT2D eigenvalue weighted by Gasteiger charge is 2.13. The molecule has 0 aliphatic carbocycles. The van der Waals surface area contributed by atoms with Gasteiger partial charge in [0.15, 0.2) is 10.9 Å². The first-order chi connectivity index (χ1) is 10.8. The first kappa shape index (κ1) is 12.6. The van der Waals surface area contributed by atoms with Crippen LogP contribution in [0.1, 0.15) is 0 Å². The van der Waals surface area contributed by atoms with E-state index in [0.717, 1.165) is 11.1 Å². The smallest absolute Gasteiger partial charge is 0.192 e. The zero-order chi connectivity index (χ0) is 15.1. The summed E-state index contributed by atoms with van der Waals surface area (Å²) in [6, 6.07) is 13.5. The molecule has 0 aliphatic rings. The second kappa shape index (κ2) is 4.70. The molecule has 2 aromatic heterocycles. The summed E-state index contributed by atoms with van der Waals surface area (Å²) in [6.07, 6.45) is 2.74. The normalized spacial score (nSPS) is 11.1. The van der Waals surface area contributed by atoms with Gasteiger partial charge in [0.25, 0.3) is 0 Å². The molecule has 0 atom stereocenters. The molecule has 0 radical (unpaired) electrons. The van der Waals surface area contributed by atoms with Crippen LogP contribution in [0.5, 0.6) is 0 Å². The monoisotopic (exact) mass is 290 g/mol. The van der Waals surface area contributed by atoms with Gasteiger partial charge < -0.3 is 8.83 Å². The predicted molar refractivity (Wildman–Crippen MR) is 84.0 cm³/mol. The van der Waals surface area contributed by atoms with E-state index >= 15 is 0 Å². The number of fused-ring (bicyclic) bond motifs is 2. The summed E-state index contributed by atoms with van der Waals surface area (Å²) in [4.78, 5) is 23.9. The Morgan fingerprint density at radius 3 is 1.50 bits per heavy atom. The average molecular weight is 290 g/mol. The number of benzene rings is 2. The lowest BCUT2D eigenvalue weighted by atomic mass is 10.0. The number of hydrogen-bond donors (Lipinski definition) is 0. The van der Waals surface area contributed by atoms with Crippen LogP contribution in [0.15, 0.2) is 79.5 Å². The second-order valence-corrected chi connectivity index (χ2v) is 4.93. The van der Waals surface area contributed by atoms with Gasteiger partial charge in [-0.2, -0.15) is 0 Å². The van der Waals surface area contributed by atoms with E-state index in [4.69, 9.17) is 8.83 Å². The van der Waals surface area contributed by atoms with Crippen molar-refractivity contribution in [2.75, 3.05) is 0 Å². The zero-order valence-corrected chi connectivity index (χ0v) is 11.4. The Kier molecular flexibility index (Phi) is 2.69. The van der Waals surface area contributed by atoms with Gasteiger partial charge in [-0.25, -0.2) is 0 Å². The molecular weight excluding hydrogens is 280 g/mol. The quantitative estimate of drug-likeness (QED) is 0.537. The topological polar surface area (TPSA) is 60.4 Å². The van der Waals surface area contributed by atoms with Crippen molar-refractivity contribution in [3.8, 4) is 11.1 Å². The van der Waals surface area contributed by atoms with E-state index in [1.807, 2.05) is 12.1 Å². The van der Waals surface area contributed by atoms with Crippen LogP contribution in [0.25, 0.3) is 33.1 Å². The lowest BCUT2D eigenvalue weighted by molar-refractivity contribution is 0.599. The third kappa shape index (κ3) is 1.78. The van der Waals surface area contributed by atoms with Crippen molar-refractivity contribution in [3.63, 3.8) is 0 Å². The van der Waals surface area contributed by atoms with Crippen molar-refractivity contribution < 1.29 is 8.83 Å². The van der Waals surface area contributed by atoms with Crippen molar-refractivity contribution in [2.45, 2.75) is 0 Å². The van der Waals surface area contributed by atoms with E-state index in [1.54, 1.807) is 24.3 Å². The fraction of sp³-hybridized carbons (Fsp3) is 0. The van der Waals surface area contributed by atoms with Crippen molar-refractivity contribution in [3.05, 3.63) is 81.5 Å². The molecule has 4 aromatic rings. The van der Waals surface area contributed by atoms with Gasteiger partial charge in [-0.15, -0.1) is 0 Å². The molecule has 22 heavy (non-hydrogen) atoms. The van der Waals surface area contributed by atoms with E-state index in [1.165, 1.54) is 24.7 Å². The molecule has 0 saturated carbocycles. The van der Waals surface area contributed by atoms with Crippen molar-refractivity contribution in [1.29, 1.82) is 0 Å². The third-order valence-electron chi connectivity index (χ3n) is 3.66. The van der Waals surface area contributed by atoms with Gasteiger partial charge in [-0.1, -0.05) is 24.3 Å². The SMILES string of the molecule is O=c1ccoc2c(-c3cccc4c(=O)ccoc34)cccc12. The molecule has 0 fully saturated rings. The van der Waals surface area contributed by atoms with Crippen LogP contribution in [0, 0.1) is 0 Å². The van der Waals surface area contributed by atoms with Crippen LogP contribution in [-0.2, 0) is 0 Å². The highest BCUT2D eigenvalue weighted by Crippen LogP contribution is 2.31. The summed E-state index contributed by atoms with van der Waals surface area (Å²) in [5.74, 6) is 0. The average Bonchev–Trinajstić information content (AvgIpc) is 2.55. The van der Waals surface area contributed by atoms with E-state index in [0.29, 0.717) is 21.9 Å². The molecule has 0 unspecified atom stereocenters. The van der Waals surface area contributed by atoms with Crippen LogP contribution in [0.3, 0.4) is 0 Å². The molecule has 2 aromatic carbocycles. The van der Waals surface area contributed by atoms with Gasteiger partial charge in [0.1, 0.15) is 11.2 Å². The Morgan fingerprint density at radius 1 is 0.591 bits per heavy atom. The van der Waals surface area contributed by atoms with Gasteiger partial charge in [-0.3, -0.25) is 9.59 Å². The lowest BCUT2D eigenvalue weighted by Crippen LogP contribution is -2.00. The Hall–Kier alpha value is -3.14. The number of para-hydroxylation sites is 2. The Labute approximate surface area is 124 Å². The zero-order valence-electron chi connectivity index (χ0n) is 11.4. The maximum Gasteiger partial charge on any atom is 0.192 e. The minimum atomic E-state index is -0.107. The van der Waals surface area contributed by atoms with Crippen molar-refractivity contribution in [2.24, 2.45) is 0 Å². The summed E-state index contributed by atoms with van der Waals surface area (Å²) in [5, 5.41) is 0.991. The Balaban J connectivity index is 2.17. The van der Waals surface area contributed by atoms with E-state index in [-0.39, 0.29) is 10.9 Å². The van der Waals surface area contributed by atoms with Crippen LogP contribution in [-0.4, -0.2) is 0 Å². The highest BCUT2D eigenvalue weighted by molar-refractivity contribution is 6.00. The standard InChI is InChI=1S/C18H10O4/c19-15-7-9-21-17-11(3-1-5-13(15)17)12-4-2-6-14-16(20)8-10-22-18(12)14/h1-10H. The predicted octanol–water partition coefficient (Wildman–Crippen LogP) is 3.57.